The van der Waals surface area contributed by atoms with Crippen molar-refractivity contribution in [3.05, 3.63) is 70.4 Å². The maximum atomic E-state index is 13.3. The van der Waals surface area contributed by atoms with Crippen LogP contribution in [0.4, 0.5) is 24.5 Å². The SMILES string of the molecule is Cc1cc2c(Nc3cccc(CC4COCCN4C4SC5=C(CC(C)(C)NC5=O)N4OC(=O)C(F)(F)F)c3)cccc2nn1. The smallest absolute Gasteiger partial charge is 0.378 e. The average molecular weight is 629 g/mol. The molecule has 3 aromatic rings. The Labute approximate surface area is 255 Å². The number of aromatic nitrogens is 2. The molecule has 2 atom stereocenters. The maximum Gasteiger partial charge on any atom is 0.493 e. The van der Waals surface area contributed by atoms with Crippen LogP contribution in [0.3, 0.4) is 0 Å². The van der Waals surface area contributed by atoms with Gasteiger partial charge >= 0.3 is 12.1 Å². The third-order valence-corrected chi connectivity index (χ3v) is 8.95. The van der Waals surface area contributed by atoms with Crippen LogP contribution in [-0.2, 0) is 25.6 Å². The number of nitrogens with zero attached hydrogens (tertiary/aromatic N) is 4. The second-order valence-electron chi connectivity index (χ2n) is 11.7. The number of fused-ring (bicyclic) bond motifs is 1. The molecular weight excluding hydrogens is 597 g/mol. The number of anilines is 2. The van der Waals surface area contributed by atoms with Gasteiger partial charge in [0.1, 0.15) is 0 Å². The first-order valence-corrected chi connectivity index (χ1v) is 15.0. The number of nitrogens with one attached hydrogen (secondary N) is 2. The second kappa shape index (κ2) is 11.6. The van der Waals surface area contributed by atoms with Crippen molar-refractivity contribution >= 4 is 45.9 Å². The van der Waals surface area contributed by atoms with E-state index in [0.717, 1.165) is 50.4 Å². The Bertz CT molecular complexity index is 1650. The monoisotopic (exact) mass is 628 g/mol. The first-order chi connectivity index (χ1) is 20.9. The second-order valence-corrected chi connectivity index (χ2v) is 12.7. The zero-order valence-corrected chi connectivity index (χ0v) is 25.1. The highest BCUT2D eigenvalue weighted by molar-refractivity contribution is 8.04. The van der Waals surface area contributed by atoms with Gasteiger partial charge in [-0.15, -0.1) is 0 Å². The Hall–Kier alpha value is -3.88. The number of hydrogen-bond acceptors (Lipinski definition) is 10. The fourth-order valence-corrected chi connectivity index (χ4v) is 7.02. The molecule has 0 aliphatic carbocycles. The normalized spacial score (nSPS) is 22.1. The van der Waals surface area contributed by atoms with Crippen LogP contribution in [0, 0.1) is 6.92 Å². The molecule has 44 heavy (non-hydrogen) atoms. The summed E-state index contributed by atoms with van der Waals surface area (Å²) in [6.45, 7) is 6.42. The summed E-state index contributed by atoms with van der Waals surface area (Å²) in [7, 11) is 0. The van der Waals surface area contributed by atoms with Crippen molar-refractivity contribution in [3.63, 3.8) is 0 Å². The van der Waals surface area contributed by atoms with Gasteiger partial charge in [-0.2, -0.15) is 28.4 Å². The standard InChI is InChI=1S/C30H31F3N6O4S/c1-17-12-21-22(8-5-9-23(21)37-36-17)34-19-7-4-6-18(13-19)14-20-16-42-11-10-38(20)28-39(43-27(41)30(31,32)33)24-15-29(2,3)35-26(40)25(24)44-28/h4-9,12-13,20,28,34H,10-11,14-16H2,1-3H3,(H,35,40). The van der Waals surface area contributed by atoms with E-state index in [1.807, 2.05) is 60.4 Å². The number of hydroxylamine groups is 2. The predicted molar refractivity (Wildman–Crippen MR) is 158 cm³/mol. The average Bonchev–Trinajstić information content (AvgIpc) is 3.30. The number of carbonyl (C=O) groups excluding carboxylic acids is 2. The van der Waals surface area contributed by atoms with Gasteiger partial charge in [0, 0.05) is 41.3 Å². The molecule has 1 saturated heterocycles. The van der Waals surface area contributed by atoms with Crippen LogP contribution in [0.1, 0.15) is 31.5 Å². The van der Waals surface area contributed by atoms with Gasteiger partial charge in [-0.3, -0.25) is 9.69 Å². The molecule has 0 saturated carbocycles. The van der Waals surface area contributed by atoms with Crippen LogP contribution < -0.4 is 10.6 Å². The summed E-state index contributed by atoms with van der Waals surface area (Å²) >= 11 is 1.09. The van der Waals surface area contributed by atoms with E-state index in [1.165, 1.54) is 0 Å². The Balaban J connectivity index is 1.25. The van der Waals surface area contributed by atoms with Gasteiger partial charge in [0.15, 0.2) is 5.50 Å². The van der Waals surface area contributed by atoms with Crippen LogP contribution in [0.15, 0.2) is 59.1 Å². The van der Waals surface area contributed by atoms with E-state index in [2.05, 4.69) is 20.8 Å². The van der Waals surface area contributed by atoms with Crippen molar-refractivity contribution < 1.29 is 32.3 Å². The van der Waals surface area contributed by atoms with E-state index in [0.29, 0.717) is 26.2 Å². The fraction of sp³-hybridized carbons (Fsp3) is 0.400. The number of aryl methyl sites for hydroxylation is 1. The highest BCUT2D eigenvalue weighted by atomic mass is 32.2. The quantitative estimate of drug-likeness (QED) is 0.396. The zero-order chi connectivity index (χ0) is 31.2. The maximum absolute atomic E-state index is 13.3. The first kappa shape index (κ1) is 30.2. The van der Waals surface area contributed by atoms with Crippen LogP contribution in [-0.4, -0.2) is 75.1 Å². The van der Waals surface area contributed by atoms with Gasteiger partial charge in [-0.05, 0) is 63.1 Å². The van der Waals surface area contributed by atoms with Crippen molar-refractivity contribution in [3.8, 4) is 0 Å². The fourth-order valence-electron chi connectivity index (χ4n) is 5.68. The topological polar surface area (TPSA) is 109 Å². The molecule has 4 heterocycles. The molecule has 2 aromatic carbocycles. The molecule has 0 bridgehead atoms. The molecule has 1 amide bonds. The summed E-state index contributed by atoms with van der Waals surface area (Å²) in [6.07, 6.45) is -4.50. The van der Waals surface area contributed by atoms with E-state index in [9.17, 15) is 22.8 Å². The van der Waals surface area contributed by atoms with E-state index < -0.39 is 29.1 Å². The summed E-state index contributed by atoms with van der Waals surface area (Å²) < 4.78 is 45.8. The summed E-state index contributed by atoms with van der Waals surface area (Å²) in [5.41, 5.74) is 2.91. The van der Waals surface area contributed by atoms with E-state index in [4.69, 9.17) is 9.57 Å². The van der Waals surface area contributed by atoms with Crippen LogP contribution in [0.25, 0.3) is 10.9 Å². The van der Waals surface area contributed by atoms with Gasteiger partial charge in [-0.25, -0.2) is 4.79 Å². The van der Waals surface area contributed by atoms with Crippen molar-refractivity contribution in [2.45, 2.75) is 56.9 Å². The lowest BCUT2D eigenvalue weighted by molar-refractivity contribution is -0.243. The number of halogens is 3. The number of benzene rings is 2. The molecule has 2 N–H and O–H groups in total. The van der Waals surface area contributed by atoms with E-state index in [1.54, 1.807) is 13.8 Å². The molecule has 1 aromatic heterocycles. The largest absolute Gasteiger partial charge is 0.493 e. The predicted octanol–water partition coefficient (Wildman–Crippen LogP) is 4.79. The van der Waals surface area contributed by atoms with Gasteiger partial charge in [0.05, 0.1) is 35.0 Å². The number of ether oxygens (including phenoxy) is 1. The molecule has 3 aliphatic rings. The van der Waals surface area contributed by atoms with Gasteiger partial charge in [0.25, 0.3) is 5.91 Å². The summed E-state index contributed by atoms with van der Waals surface area (Å²) in [6, 6.07) is 15.3. The van der Waals surface area contributed by atoms with Crippen molar-refractivity contribution in [2.24, 2.45) is 0 Å². The van der Waals surface area contributed by atoms with Crippen molar-refractivity contribution in [1.82, 2.24) is 25.5 Å². The number of hydrogen-bond donors (Lipinski definition) is 2. The van der Waals surface area contributed by atoms with Crippen LogP contribution in [0.5, 0.6) is 0 Å². The third-order valence-electron chi connectivity index (χ3n) is 7.62. The number of rotatable bonds is 6. The summed E-state index contributed by atoms with van der Waals surface area (Å²) in [4.78, 5) is 32.2. The van der Waals surface area contributed by atoms with Crippen LogP contribution in [0.2, 0.25) is 0 Å². The van der Waals surface area contributed by atoms with Crippen LogP contribution >= 0.6 is 11.8 Å². The minimum Gasteiger partial charge on any atom is -0.378 e. The lowest BCUT2D eigenvalue weighted by atomic mass is 9.94. The van der Waals surface area contributed by atoms with Gasteiger partial charge in [0.2, 0.25) is 0 Å². The molecule has 10 nitrogen and oxygen atoms in total. The molecule has 0 radical (unpaired) electrons. The van der Waals surface area contributed by atoms with Gasteiger partial charge in [-0.1, -0.05) is 30.0 Å². The number of morpholine rings is 1. The molecular formula is C30H31F3N6O4S. The lowest BCUT2D eigenvalue weighted by Gasteiger charge is -2.42. The number of carbonyl (C=O) groups is 2. The number of alkyl halides is 3. The van der Waals surface area contributed by atoms with Gasteiger partial charge < -0.3 is 20.2 Å². The Morgan fingerprint density at radius 3 is 2.80 bits per heavy atom. The number of thioether (sulfide) groups is 1. The van der Waals surface area contributed by atoms with Crippen molar-refractivity contribution in [2.75, 3.05) is 25.1 Å². The molecule has 14 heteroatoms. The molecule has 6 rings (SSSR count). The Morgan fingerprint density at radius 1 is 1.20 bits per heavy atom. The molecule has 0 spiro atoms. The highest BCUT2D eigenvalue weighted by Gasteiger charge is 2.51. The van der Waals surface area contributed by atoms with E-state index in [-0.39, 0.29) is 23.1 Å². The lowest BCUT2D eigenvalue weighted by Crippen LogP contribution is -2.56. The van der Waals surface area contributed by atoms with E-state index >= 15 is 0 Å². The first-order valence-electron chi connectivity index (χ1n) is 14.1. The number of amides is 1. The third kappa shape index (κ3) is 6.19. The molecule has 3 aliphatic heterocycles. The van der Waals surface area contributed by atoms with Crippen molar-refractivity contribution in [1.29, 1.82) is 0 Å². The molecule has 232 valence electrons. The highest BCUT2D eigenvalue weighted by Crippen LogP contribution is 2.46. The zero-order valence-electron chi connectivity index (χ0n) is 24.3. The molecule has 1 fully saturated rings. The molecule has 2 unspecified atom stereocenters. The minimum atomic E-state index is -5.20. The Morgan fingerprint density at radius 2 is 2.00 bits per heavy atom. The Kier molecular flexibility index (Phi) is 7.92. The minimum absolute atomic E-state index is 0.199. The summed E-state index contributed by atoms with van der Waals surface area (Å²) in [5.74, 6) is -2.74. The summed E-state index contributed by atoms with van der Waals surface area (Å²) in [5, 5.41) is 16.7.